The van der Waals surface area contributed by atoms with Gasteiger partial charge in [0.15, 0.2) is 11.5 Å². The van der Waals surface area contributed by atoms with Crippen molar-refractivity contribution in [3.05, 3.63) is 23.8 Å². The minimum atomic E-state index is 0.663. The predicted octanol–water partition coefficient (Wildman–Crippen LogP) is 3.18. The molecular formula is C15H25NO2S. The average Bonchev–Trinajstić information content (AvgIpc) is 2.39. The Balaban J connectivity index is 2.60. The van der Waals surface area contributed by atoms with E-state index < -0.39 is 0 Å². The first-order valence-electron chi connectivity index (χ1n) is 6.66. The molecule has 0 spiro atoms. The monoisotopic (exact) mass is 283 g/mol. The summed E-state index contributed by atoms with van der Waals surface area (Å²) in [6.07, 6.45) is 2.08. The molecule has 0 fully saturated rings. The van der Waals surface area contributed by atoms with E-state index in [4.69, 9.17) is 9.47 Å². The molecule has 1 N–H and O–H groups in total. The Hall–Kier alpha value is -0.870. The fraction of sp³-hybridized carbons (Fsp3) is 0.600. The van der Waals surface area contributed by atoms with Crippen LogP contribution in [0.3, 0.4) is 0 Å². The molecule has 0 saturated heterocycles. The highest BCUT2D eigenvalue weighted by Crippen LogP contribution is 2.28. The molecule has 0 unspecified atom stereocenters. The number of thioether (sulfide) groups is 1. The molecule has 0 heterocycles. The van der Waals surface area contributed by atoms with Gasteiger partial charge in [-0.2, -0.15) is 11.8 Å². The molecule has 0 aliphatic rings. The average molecular weight is 283 g/mol. The summed E-state index contributed by atoms with van der Waals surface area (Å²) in [4.78, 5) is 0. The van der Waals surface area contributed by atoms with Crippen LogP contribution in [0.5, 0.6) is 11.5 Å². The van der Waals surface area contributed by atoms with Gasteiger partial charge in [-0.15, -0.1) is 0 Å². The molecule has 3 nitrogen and oxygen atoms in total. The van der Waals surface area contributed by atoms with Crippen LogP contribution in [0.2, 0.25) is 0 Å². The lowest BCUT2D eigenvalue weighted by molar-refractivity contribution is 0.313. The van der Waals surface area contributed by atoms with Crippen molar-refractivity contribution in [3.8, 4) is 11.5 Å². The van der Waals surface area contributed by atoms with E-state index in [9.17, 15) is 0 Å². The number of methoxy groups -OCH3 is 1. The van der Waals surface area contributed by atoms with Crippen LogP contribution >= 0.6 is 11.8 Å². The third-order valence-corrected chi connectivity index (χ3v) is 3.23. The van der Waals surface area contributed by atoms with E-state index in [1.807, 2.05) is 6.07 Å². The van der Waals surface area contributed by atoms with Crippen molar-refractivity contribution >= 4 is 11.8 Å². The fourth-order valence-corrected chi connectivity index (χ4v) is 1.93. The van der Waals surface area contributed by atoms with Crippen LogP contribution in [0.25, 0.3) is 0 Å². The van der Waals surface area contributed by atoms with Crippen molar-refractivity contribution in [1.29, 1.82) is 0 Å². The second-order valence-corrected chi connectivity index (χ2v) is 5.84. The van der Waals surface area contributed by atoms with Gasteiger partial charge in [-0.05, 0) is 36.4 Å². The van der Waals surface area contributed by atoms with E-state index in [1.165, 1.54) is 5.56 Å². The highest BCUT2D eigenvalue weighted by molar-refractivity contribution is 7.98. The molecule has 0 amide bonds. The Morgan fingerprint density at radius 1 is 1.26 bits per heavy atom. The zero-order chi connectivity index (χ0) is 14.1. The minimum absolute atomic E-state index is 0.663. The molecule has 0 radical (unpaired) electrons. The summed E-state index contributed by atoms with van der Waals surface area (Å²) < 4.78 is 11.1. The maximum Gasteiger partial charge on any atom is 0.161 e. The third-order valence-electron chi connectivity index (χ3n) is 2.65. The summed E-state index contributed by atoms with van der Waals surface area (Å²) >= 11 is 1.78. The highest BCUT2D eigenvalue weighted by atomic mass is 32.2. The van der Waals surface area contributed by atoms with Crippen LogP contribution in [0, 0.1) is 5.92 Å². The standard InChI is InChI=1S/C15H25NO2S/c1-12(2)10-16-11-13-5-6-14(17-3)15(9-13)18-7-8-19-4/h5-6,9,12,16H,7-8,10-11H2,1-4H3. The summed E-state index contributed by atoms with van der Waals surface area (Å²) in [6.45, 7) is 7.01. The molecule has 108 valence electrons. The molecule has 0 saturated carbocycles. The van der Waals surface area contributed by atoms with E-state index in [1.54, 1.807) is 18.9 Å². The van der Waals surface area contributed by atoms with Crippen molar-refractivity contribution in [2.24, 2.45) is 5.92 Å². The second kappa shape index (κ2) is 9.10. The van der Waals surface area contributed by atoms with Crippen LogP contribution in [0.15, 0.2) is 18.2 Å². The molecule has 0 aromatic heterocycles. The predicted molar refractivity (Wildman–Crippen MR) is 83.4 cm³/mol. The normalized spacial score (nSPS) is 10.8. The van der Waals surface area contributed by atoms with Crippen molar-refractivity contribution in [3.63, 3.8) is 0 Å². The van der Waals surface area contributed by atoms with Gasteiger partial charge in [0, 0.05) is 12.3 Å². The Morgan fingerprint density at radius 3 is 2.68 bits per heavy atom. The molecule has 1 aromatic carbocycles. The summed E-state index contributed by atoms with van der Waals surface area (Å²) in [6, 6.07) is 6.11. The topological polar surface area (TPSA) is 30.5 Å². The van der Waals surface area contributed by atoms with Crippen LogP contribution in [-0.4, -0.2) is 32.3 Å². The Labute approximate surface area is 121 Å². The summed E-state index contributed by atoms with van der Waals surface area (Å²) in [5, 5.41) is 3.43. The van der Waals surface area contributed by atoms with Gasteiger partial charge in [0.05, 0.1) is 13.7 Å². The number of nitrogens with one attached hydrogen (secondary N) is 1. The molecule has 19 heavy (non-hydrogen) atoms. The van der Waals surface area contributed by atoms with Gasteiger partial charge in [0.1, 0.15) is 0 Å². The maximum absolute atomic E-state index is 5.76. The van der Waals surface area contributed by atoms with Crippen LogP contribution in [0.4, 0.5) is 0 Å². The van der Waals surface area contributed by atoms with Crippen molar-refractivity contribution in [2.45, 2.75) is 20.4 Å². The lowest BCUT2D eigenvalue weighted by Crippen LogP contribution is -2.19. The fourth-order valence-electron chi connectivity index (χ4n) is 1.68. The van der Waals surface area contributed by atoms with Crippen LogP contribution in [-0.2, 0) is 6.54 Å². The van der Waals surface area contributed by atoms with Gasteiger partial charge < -0.3 is 14.8 Å². The van der Waals surface area contributed by atoms with Crippen molar-refractivity contribution in [1.82, 2.24) is 5.32 Å². The quantitative estimate of drug-likeness (QED) is 0.705. The van der Waals surface area contributed by atoms with Gasteiger partial charge in [0.25, 0.3) is 0 Å². The van der Waals surface area contributed by atoms with Crippen molar-refractivity contribution in [2.75, 3.05) is 32.3 Å². The van der Waals surface area contributed by atoms with E-state index in [0.717, 1.165) is 30.3 Å². The van der Waals surface area contributed by atoms with Gasteiger partial charge >= 0.3 is 0 Å². The van der Waals surface area contributed by atoms with E-state index in [0.29, 0.717) is 12.5 Å². The molecular weight excluding hydrogens is 258 g/mol. The molecule has 4 heteroatoms. The molecule has 1 aromatic rings. The SMILES string of the molecule is COc1ccc(CNCC(C)C)cc1OCCSC. The number of hydrogen-bond donors (Lipinski definition) is 1. The van der Waals surface area contributed by atoms with Gasteiger partial charge in [-0.25, -0.2) is 0 Å². The minimum Gasteiger partial charge on any atom is -0.493 e. The Morgan fingerprint density at radius 2 is 2.05 bits per heavy atom. The van der Waals surface area contributed by atoms with Crippen LogP contribution < -0.4 is 14.8 Å². The van der Waals surface area contributed by atoms with Gasteiger partial charge in [-0.1, -0.05) is 19.9 Å². The van der Waals surface area contributed by atoms with Crippen molar-refractivity contribution < 1.29 is 9.47 Å². The van der Waals surface area contributed by atoms with E-state index in [-0.39, 0.29) is 0 Å². The number of ether oxygens (including phenoxy) is 2. The lowest BCUT2D eigenvalue weighted by atomic mass is 10.2. The van der Waals surface area contributed by atoms with E-state index in [2.05, 4.69) is 37.6 Å². The van der Waals surface area contributed by atoms with Crippen LogP contribution in [0.1, 0.15) is 19.4 Å². The maximum atomic E-state index is 5.76. The zero-order valence-corrected chi connectivity index (χ0v) is 13.2. The number of rotatable bonds is 9. The molecule has 0 bridgehead atoms. The lowest BCUT2D eigenvalue weighted by Gasteiger charge is -2.13. The number of benzene rings is 1. The molecule has 0 aliphatic heterocycles. The van der Waals surface area contributed by atoms with Gasteiger partial charge in [-0.3, -0.25) is 0 Å². The Kier molecular flexibility index (Phi) is 7.75. The van der Waals surface area contributed by atoms with E-state index >= 15 is 0 Å². The number of hydrogen-bond acceptors (Lipinski definition) is 4. The Bertz CT molecular complexity index is 369. The highest BCUT2D eigenvalue weighted by Gasteiger charge is 2.06. The third kappa shape index (κ3) is 6.21. The molecule has 0 atom stereocenters. The first kappa shape index (κ1) is 16.2. The smallest absolute Gasteiger partial charge is 0.161 e. The first-order valence-corrected chi connectivity index (χ1v) is 8.06. The second-order valence-electron chi connectivity index (χ2n) is 4.85. The zero-order valence-electron chi connectivity index (χ0n) is 12.4. The van der Waals surface area contributed by atoms with Gasteiger partial charge in [0.2, 0.25) is 0 Å². The summed E-state index contributed by atoms with van der Waals surface area (Å²) in [5.41, 5.74) is 1.22. The summed E-state index contributed by atoms with van der Waals surface area (Å²) in [5.74, 6) is 3.28. The first-order chi connectivity index (χ1) is 9.17. The summed E-state index contributed by atoms with van der Waals surface area (Å²) in [7, 11) is 1.67. The largest absolute Gasteiger partial charge is 0.493 e. The molecule has 0 aliphatic carbocycles. The molecule has 1 rings (SSSR count).